The van der Waals surface area contributed by atoms with Gasteiger partial charge in [0.15, 0.2) is 5.82 Å². The monoisotopic (exact) mass is 374 g/mol. The molecule has 2 aromatic rings. The Hall–Kier alpha value is -1.55. The second-order valence-electron chi connectivity index (χ2n) is 5.64. The van der Waals surface area contributed by atoms with Gasteiger partial charge in [-0.25, -0.2) is 17.5 Å². The van der Waals surface area contributed by atoms with E-state index in [2.05, 4.69) is 20.2 Å². The lowest BCUT2D eigenvalue weighted by Crippen LogP contribution is -2.36. The number of nitrogens with zero attached hydrogens (tertiary/aromatic N) is 2. The van der Waals surface area contributed by atoms with Gasteiger partial charge in [-0.1, -0.05) is 16.8 Å². The van der Waals surface area contributed by atoms with Crippen LogP contribution in [0.1, 0.15) is 31.1 Å². The number of sulfonamides is 1. The lowest BCUT2D eigenvalue weighted by Gasteiger charge is -2.23. The minimum absolute atomic E-state index is 0.0951. The summed E-state index contributed by atoms with van der Waals surface area (Å²) >= 11 is 5.64. The molecule has 0 saturated carbocycles. The van der Waals surface area contributed by atoms with Crippen molar-refractivity contribution in [2.45, 2.75) is 36.7 Å². The van der Waals surface area contributed by atoms with Gasteiger partial charge in [0.2, 0.25) is 15.9 Å². The molecule has 1 aromatic heterocycles. The molecule has 1 fully saturated rings. The lowest BCUT2D eigenvalue weighted by molar-refractivity contribution is 0.329. The molecule has 1 aliphatic rings. The third-order valence-electron chi connectivity index (χ3n) is 3.64. The molecule has 2 atom stereocenters. The normalized spacial score (nSPS) is 19.0. The van der Waals surface area contributed by atoms with Gasteiger partial charge in [-0.15, -0.1) is 0 Å². The van der Waals surface area contributed by atoms with Gasteiger partial charge >= 0.3 is 0 Å². The van der Waals surface area contributed by atoms with Crippen LogP contribution in [0.15, 0.2) is 27.6 Å². The van der Waals surface area contributed by atoms with Crippen molar-refractivity contribution in [2.24, 2.45) is 0 Å². The number of nitrogens with one attached hydrogen (secondary N) is 2. The van der Waals surface area contributed by atoms with Gasteiger partial charge in [-0.2, -0.15) is 4.98 Å². The summed E-state index contributed by atoms with van der Waals surface area (Å²) in [6.45, 7) is 2.55. The molecule has 2 N–H and O–H groups in total. The van der Waals surface area contributed by atoms with Crippen molar-refractivity contribution in [3.8, 4) is 0 Å². The molecule has 0 spiro atoms. The van der Waals surface area contributed by atoms with Crippen molar-refractivity contribution < 1.29 is 17.3 Å². The van der Waals surface area contributed by atoms with Crippen LogP contribution in [0.5, 0.6) is 0 Å². The quantitative estimate of drug-likeness (QED) is 0.800. The molecule has 3 rings (SSSR count). The van der Waals surface area contributed by atoms with Crippen LogP contribution in [0.25, 0.3) is 0 Å². The number of benzene rings is 1. The number of hydrogen-bond acceptors (Lipinski definition) is 6. The zero-order valence-corrected chi connectivity index (χ0v) is 14.4. The van der Waals surface area contributed by atoms with E-state index in [-0.39, 0.29) is 17.5 Å². The zero-order chi connectivity index (χ0) is 17.3. The largest absolute Gasteiger partial charge is 0.339 e. The summed E-state index contributed by atoms with van der Waals surface area (Å²) in [5.41, 5.74) is 0. The van der Waals surface area contributed by atoms with E-state index >= 15 is 0 Å². The average molecular weight is 375 g/mol. The van der Waals surface area contributed by atoms with Crippen LogP contribution in [-0.2, 0) is 16.4 Å². The fraction of sp³-hybridized carbons (Fsp3) is 0.429. The molecule has 24 heavy (non-hydrogen) atoms. The molecule has 0 bridgehead atoms. The van der Waals surface area contributed by atoms with Crippen molar-refractivity contribution >= 4 is 21.6 Å². The third kappa shape index (κ3) is 3.75. The van der Waals surface area contributed by atoms with Crippen molar-refractivity contribution in [3.63, 3.8) is 0 Å². The van der Waals surface area contributed by atoms with E-state index in [1.54, 1.807) is 6.92 Å². The van der Waals surface area contributed by atoms with Crippen LogP contribution >= 0.6 is 11.6 Å². The van der Waals surface area contributed by atoms with E-state index in [0.717, 1.165) is 25.1 Å². The van der Waals surface area contributed by atoms with Gasteiger partial charge in [0.05, 0.1) is 6.04 Å². The Labute approximate surface area is 143 Å². The summed E-state index contributed by atoms with van der Waals surface area (Å²) in [6, 6.07) is 2.95. The molecule has 0 radical (unpaired) electrons. The first kappa shape index (κ1) is 17.3. The van der Waals surface area contributed by atoms with Gasteiger partial charge in [0.25, 0.3) is 0 Å². The first-order valence-corrected chi connectivity index (χ1v) is 9.24. The number of aromatic nitrogens is 2. The maximum atomic E-state index is 13.8. The highest BCUT2D eigenvalue weighted by atomic mass is 35.5. The Kier molecular flexibility index (Phi) is 4.86. The van der Waals surface area contributed by atoms with E-state index in [1.165, 1.54) is 6.07 Å². The smallest absolute Gasteiger partial charge is 0.243 e. The van der Waals surface area contributed by atoms with E-state index in [4.69, 9.17) is 16.1 Å². The van der Waals surface area contributed by atoms with Crippen LogP contribution in [0.3, 0.4) is 0 Å². The molecule has 2 unspecified atom stereocenters. The fourth-order valence-electron chi connectivity index (χ4n) is 2.33. The Morgan fingerprint density at radius 3 is 2.92 bits per heavy atom. The summed E-state index contributed by atoms with van der Waals surface area (Å²) in [5.74, 6) is -0.0149. The Morgan fingerprint density at radius 1 is 1.54 bits per heavy atom. The second-order valence-corrected chi connectivity index (χ2v) is 7.76. The molecular formula is C14H16ClFN4O3S. The highest BCUT2D eigenvalue weighted by Gasteiger charge is 2.26. The van der Waals surface area contributed by atoms with Gasteiger partial charge in [-0.3, -0.25) is 0 Å². The first-order chi connectivity index (χ1) is 11.3. The standard InChI is InChI=1S/C14H16ClFN4O3S/c1-8(6-13-18-14(19-23-13)11-4-5-17-11)20-24(21,22)12-3-2-9(15)7-10(12)16/h2-3,7-8,11,17,20H,4-6H2,1H3. The van der Waals surface area contributed by atoms with Crippen LogP contribution in [-0.4, -0.2) is 31.1 Å². The Bertz CT molecular complexity index is 838. The lowest BCUT2D eigenvalue weighted by atomic mass is 10.1. The number of hydrogen-bond donors (Lipinski definition) is 2. The highest BCUT2D eigenvalue weighted by molar-refractivity contribution is 7.89. The van der Waals surface area contributed by atoms with Crippen LogP contribution in [0, 0.1) is 5.82 Å². The molecule has 1 aliphatic heterocycles. The molecular weight excluding hydrogens is 359 g/mol. The predicted octanol–water partition coefficient (Wildman–Crippen LogP) is 1.81. The van der Waals surface area contributed by atoms with Crippen LogP contribution in [0.4, 0.5) is 4.39 Å². The first-order valence-electron chi connectivity index (χ1n) is 7.38. The van der Waals surface area contributed by atoms with Gasteiger partial charge in [0.1, 0.15) is 10.7 Å². The predicted molar refractivity (Wildman–Crippen MR) is 84.6 cm³/mol. The van der Waals surface area contributed by atoms with Crippen molar-refractivity contribution in [1.29, 1.82) is 0 Å². The molecule has 2 heterocycles. The summed E-state index contributed by atoms with van der Waals surface area (Å²) in [5, 5.41) is 7.15. The minimum atomic E-state index is -4.02. The van der Waals surface area contributed by atoms with E-state index in [1.807, 2.05) is 0 Å². The summed E-state index contributed by atoms with van der Waals surface area (Å²) < 4.78 is 45.9. The molecule has 0 aliphatic carbocycles. The SMILES string of the molecule is CC(Cc1nc(C2CCN2)no1)NS(=O)(=O)c1ccc(Cl)cc1F. The van der Waals surface area contributed by atoms with E-state index in [9.17, 15) is 12.8 Å². The second kappa shape index (κ2) is 6.75. The van der Waals surface area contributed by atoms with Crippen molar-refractivity contribution in [2.75, 3.05) is 6.54 Å². The van der Waals surface area contributed by atoms with E-state index in [0.29, 0.717) is 11.7 Å². The molecule has 1 aromatic carbocycles. The number of halogens is 2. The molecule has 0 amide bonds. The van der Waals surface area contributed by atoms with Crippen LogP contribution < -0.4 is 10.0 Å². The topological polar surface area (TPSA) is 97.1 Å². The fourth-order valence-corrected chi connectivity index (χ4v) is 3.79. The minimum Gasteiger partial charge on any atom is -0.339 e. The Balaban J connectivity index is 1.66. The molecule has 7 nitrogen and oxygen atoms in total. The van der Waals surface area contributed by atoms with Gasteiger partial charge < -0.3 is 9.84 Å². The van der Waals surface area contributed by atoms with Crippen molar-refractivity contribution in [1.82, 2.24) is 20.2 Å². The zero-order valence-electron chi connectivity index (χ0n) is 12.8. The maximum Gasteiger partial charge on any atom is 0.243 e. The number of rotatable bonds is 6. The van der Waals surface area contributed by atoms with E-state index < -0.39 is 26.8 Å². The summed E-state index contributed by atoms with van der Waals surface area (Å²) in [4.78, 5) is 3.78. The molecule has 1 saturated heterocycles. The molecule has 10 heteroatoms. The summed E-state index contributed by atoms with van der Waals surface area (Å²) in [6.07, 6.45) is 1.14. The van der Waals surface area contributed by atoms with Gasteiger partial charge in [-0.05, 0) is 38.1 Å². The third-order valence-corrected chi connectivity index (χ3v) is 5.50. The highest BCUT2D eigenvalue weighted by Crippen LogP contribution is 2.21. The summed E-state index contributed by atoms with van der Waals surface area (Å²) in [7, 11) is -4.02. The van der Waals surface area contributed by atoms with Crippen molar-refractivity contribution in [3.05, 3.63) is 40.8 Å². The average Bonchev–Trinajstić information content (AvgIpc) is 2.83. The molecule has 130 valence electrons. The Morgan fingerprint density at radius 2 is 2.29 bits per heavy atom. The maximum absolute atomic E-state index is 13.8. The van der Waals surface area contributed by atoms with Crippen LogP contribution in [0.2, 0.25) is 5.02 Å². The van der Waals surface area contributed by atoms with Gasteiger partial charge in [0, 0.05) is 17.5 Å².